The minimum atomic E-state index is -0.105. The third-order valence-corrected chi connectivity index (χ3v) is 3.52. The van der Waals surface area contributed by atoms with Crippen molar-refractivity contribution < 1.29 is 9.59 Å². The van der Waals surface area contributed by atoms with Gasteiger partial charge in [-0.1, -0.05) is 17.7 Å². The van der Waals surface area contributed by atoms with Gasteiger partial charge in [-0.15, -0.1) is 0 Å². The smallest absolute Gasteiger partial charge is 0.223 e. The molecule has 1 aromatic carbocycles. The van der Waals surface area contributed by atoms with Crippen molar-refractivity contribution in [2.45, 2.75) is 20.3 Å². The van der Waals surface area contributed by atoms with Gasteiger partial charge in [-0.3, -0.25) is 9.59 Å². The van der Waals surface area contributed by atoms with E-state index in [2.05, 4.69) is 5.32 Å². The zero-order valence-corrected chi connectivity index (χ0v) is 14.4. The molecule has 1 aromatic rings. The summed E-state index contributed by atoms with van der Waals surface area (Å²) in [5.41, 5.74) is 1.70. The van der Waals surface area contributed by atoms with E-state index in [1.807, 2.05) is 32.0 Å². The number of aryl methyl sites for hydroxylation is 1. The molecule has 0 atom stereocenters. The van der Waals surface area contributed by atoms with Crippen molar-refractivity contribution in [1.29, 1.82) is 0 Å². The highest BCUT2D eigenvalue weighted by Crippen LogP contribution is 2.24. The van der Waals surface area contributed by atoms with Crippen LogP contribution in [0.3, 0.4) is 0 Å². The Labute approximate surface area is 137 Å². The summed E-state index contributed by atoms with van der Waals surface area (Å²) in [7, 11) is 3.90. The number of carbonyl (C=O) groups is 2. The van der Waals surface area contributed by atoms with Crippen LogP contribution < -0.4 is 10.2 Å². The van der Waals surface area contributed by atoms with Crippen LogP contribution in [0.5, 0.6) is 0 Å². The van der Waals surface area contributed by atoms with E-state index >= 15 is 0 Å². The first-order chi connectivity index (χ1) is 10.3. The zero-order valence-electron chi connectivity index (χ0n) is 13.6. The molecule has 0 heterocycles. The Balaban J connectivity index is 2.64. The van der Waals surface area contributed by atoms with E-state index in [4.69, 9.17) is 11.6 Å². The number of carbonyl (C=O) groups excluding carboxylic acids is 2. The fourth-order valence-corrected chi connectivity index (χ4v) is 2.21. The molecule has 0 bridgehead atoms. The zero-order chi connectivity index (χ0) is 16.7. The molecule has 0 fully saturated rings. The third-order valence-electron chi connectivity index (χ3n) is 3.29. The molecule has 0 aromatic heterocycles. The summed E-state index contributed by atoms with van der Waals surface area (Å²) in [4.78, 5) is 27.3. The first kappa shape index (κ1) is 18.5. The first-order valence-electron chi connectivity index (χ1n) is 7.27. The molecule has 0 aliphatic carbocycles. The van der Waals surface area contributed by atoms with Crippen LogP contribution in [0.2, 0.25) is 5.02 Å². The molecular formula is C16H24ClN3O2. The van der Waals surface area contributed by atoms with Crippen molar-refractivity contribution in [1.82, 2.24) is 10.2 Å². The van der Waals surface area contributed by atoms with E-state index in [0.29, 0.717) is 18.1 Å². The average molecular weight is 326 g/mol. The number of hydrogen-bond acceptors (Lipinski definition) is 3. The SMILES string of the molecule is CC(=O)N(CCC(=O)NCCN(C)C)c1cc(Cl)ccc1C. The van der Waals surface area contributed by atoms with Crippen molar-refractivity contribution in [3.63, 3.8) is 0 Å². The molecule has 0 aliphatic heterocycles. The summed E-state index contributed by atoms with van der Waals surface area (Å²) < 4.78 is 0. The van der Waals surface area contributed by atoms with Crippen molar-refractivity contribution in [2.24, 2.45) is 0 Å². The van der Waals surface area contributed by atoms with Gasteiger partial charge in [0.05, 0.1) is 0 Å². The van der Waals surface area contributed by atoms with Crippen molar-refractivity contribution in [3.05, 3.63) is 28.8 Å². The summed E-state index contributed by atoms with van der Waals surface area (Å²) in [6, 6.07) is 5.40. The highest BCUT2D eigenvalue weighted by molar-refractivity contribution is 6.31. The monoisotopic (exact) mass is 325 g/mol. The van der Waals surface area contributed by atoms with Crippen molar-refractivity contribution in [3.8, 4) is 0 Å². The van der Waals surface area contributed by atoms with Gasteiger partial charge in [0.25, 0.3) is 0 Å². The summed E-state index contributed by atoms with van der Waals surface area (Å²) in [5.74, 6) is -0.167. The van der Waals surface area contributed by atoms with Gasteiger partial charge < -0.3 is 15.1 Å². The normalized spacial score (nSPS) is 10.6. The van der Waals surface area contributed by atoms with Gasteiger partial charge in [0, 0.05) is 43.7 Å². The number of anilines is 1. The molecule has 2 amide bonds. The molecule has 0 unspecified atom stereocenters. The summed E-state index contributed by atoms with van der Waals surface area (Å²) in [6.07, 6.45) is 0.263. The standard InChI is InChI=1S/C16H24ClN3O2/c1-12-5-6-14(17)11-15(12)20(13(2)21)9-7-16(22)18-8-10-19(3)4/h5-6,11H,7-10H2,1-4H3,(H,18,22). The van der Waals surface area contributed by atoms with Crippen LogP contribution in [-0.2, 0) is 9.59 Å². The van der Waals surface area contributed by atoms with Crippen molar-refractivity contribution >= 4 is 29.1 Å². The van der Waals surface area contributed by atoms with E-state index in [-0.39, 0.29) is 18.2 Å². The maximum absolute atomic E-state index is 11.9. The Morgan fingerprint density at radius 2 is 1.91 bits per heavy atom. The van der Waals surface area contributed by atoms with E-state index in [1.165, 1.54) is 6.92 Å². The second kappa shape index (κ2) is 8.76. The van der Waals surface area contributed by atoms with Crippen LogP contribution in [0, 0.1) is 6.92 Å². The fourth-order valence-electron chi connectivity index (χ4n) is 2.04. The highest BCUT2D eigenvalue weighted by Gasteiger charge is 2.15. The number of rotatable bonds is 7. The molecule has 0 saturated carbocycles. The molecule has 1 N–H and O–H groups in total. The molecule has 22 heavy (non-hydrogen) atoms. The van der Waals surface area contributed by atoms with Gasteiger partial charge in [-0.25, -0.2) is 0 Å². The Morgan fingerprint density at radius 3 is 2.50 bits per heavy atom. The van der Waals surface area contributed by atoms with Crippen LogP contribution in [0.25, 0.3) is 0 Å². The van der Waals surface area contributed by atoms with Crippen molar-refractivity contribution in [2.75, 3.05) is 38.6 Å². The fraction of sp³-hybridized carbons (Fsp3) is 0.500. The first-order valence-corrected chi connectivity index (χ1v) is 7.64. The van der Waals surface area contributed by atoms with Crippen LogP contribution >= 0.6 is 11.6 Å². The largest absolute Gasteiger partial charge is 0.355 e. The molecule has 0 saturated heterocycles. The van der Waals surface area contributed by atoms with E-state index in [9.17, 15) is 9.59 Å². The lowest BCUT2D eigenvalue weighted by molar-refractivity contribution is -0.121. The molecule has 0 spiro atoms. The quantitative estimate of drug-likeness (QED) is 0.835. The average Bonchev–Trinajstić information content (AvgIpc) is 2.42. The number of likely N-dealkylation sites (N-methyl/N-ethyl adjacent to an activating group) is 1. The van der Waals surface area contributed by atoms with E-state index < -0.39 is 0 Å². The summed E-state index contributed by atoms with van der Waals surface area (Å²) in [5, 5.41) is 3.41. The molecule has 1 rings (SSSR count). The van der Waals surface area contributed by atoms with Gasteiger partial charge in [0.2, 0.25) is 11.8 Å². The molecular weight excluding hydrogens is 302 g/mol. The number of benzene rings is 1. The summed E-state index contributed by atoms with van der Waals surface area (Å²) >= 11 is 6.00. The van der Waals surface area contributed by atoms with Gasteiger partial charge in [0.15, 0.2) is 0 Å². The van der Waals surface area contributed by atoms with Crippen LogP contribution in [0.1, 0.15) is 18.9 Å². The van der Waals surface area contributed by atoms with Crippen LogP contribution in [0.4, 0.5) is 5.69 Å². The maximum Gasteiger partial charge on any atom is 0.223 e. The Bertz CT molecular complexity index is 532. The number of amides is 2. The Hall–Kier alpha value is -1.59. The second-order valence-corrected chi connectivity index (χ2v) is 5.94. The van der Waals surface area contributed by atoms with Gasteiger partial charge in [-0.2, -0.15) is 0 Å². The van der Waals surface area contributed by atoms with E-state index in [0.717, 1.165) is 17.8 Å². The molecule has 0 radical (unpaired) electrons. The second-order valence-electron chi connectivity index (χ2n) is 5.50. The predicted molar refractivity (Wildman–Crippen MR) is 90.4 cm³/mol. The Kier molecular flexibility index (Phi) is 7.35. The highest BCUT2D eigenvalue weighted by atomic mass is 35.5. The lowest BCUT2D eigenvalue weighted by Crippen LogP contribution is -2.36. The topological polar surface area (TPSA) is 52.7 Å². The minimum absolute atomic E-state index is 0.0622. The van der Waals surface area contributed by atoms with Gasteiger partial charge in [-0.05, 0) is 38.7 Å². The van der Waals surface area contributed by atoms with Crippen LogP contribution in [-0.4, -0.2) is 50.4 Å². The molecule has 5 nitrogen and oxygen atoms in total. The number of hydrogen-bond donors (Lipinski definition) is 1. The predicted octanol–water partition coefficient (Wildman–Crippen LogP) is 2.07. The lowest BCUT2D eigenvalue weighted by atomic mass is 10.1. The van der Waals surface area contributed by atoms with Crippen LogP contribution in [0.15, 0.2) is 18.2 Å². The molecule has 0 aliphatic rings. The minimum Gasteiger partial charge on any atom is -0.355 e. The van der Waals surface area contributed by atoms with E-state index in [1.54, 1.807) is 17.0 Å². The number of nitrogens with zero attached hydrogens (tertiary/aromatic N) is 2. The number of halogens is 1. The molecule has 122 valence electrons. The van der Waals surface area contributed by atoms with Gasteiger partial charge >= 0.3 is 0 Å². The Morgan fingerprint density at radius 1 is 1.23 bits per heavy atom. The lowest BCUT2D eigenvalue weighted by Gasteiger charge is -2.23. The third kappa shape index (κ3) is 6.03. The molecule has 6 heteroatoms. The summed E-state index contributed by atoms with van der Waals surface area (Å²) in [6.45, 7) is 5.13. The maximum atomic E-state index is 11.9. The van der Waals surface area contributed by atoms with Gasteiger partial charge in [0.1, 0.15) is 0 Å². The number of nitrogens with one attached hydrogen (secondary N) is 1.